The Morgan fingerprint density at radius 2 is 1.96 bits per heavy atom. The van der Waals surface area contributed by atoms with Crippen LogP contribution < -0.4 is 16.2 Å². The Hall–Kier alpha value is -2.49. The van der Waals surface area contributed by atoms with Gasteiger partial charge in [-0.25, -0.2) is 18.1 Å². The van der Waals surface area contributed by atoms with Crippen molar-refractivity contribution in [2.24, 2.45) is 5.73 Å². The summed E-state index contributed by atoms with van der Waals surface area (Å²) >= 11 is 1.39. The van der Waals surface area contributed by atoms with Crippen LogP contribution in [0, 0.1) is 0 Å². The Morgan fingerprint density at radius 3 is 2.56 bits per heavy atom. The average Bonchev–Trinajstić information content (AvgIpc) is 3.01. The smallest absolute Gasteiger partial charge is 0.251 e. The van der Waals surface area contributed by atoms with Gasteiger partial charge in [0.25, 0.3) is 5.91 Å². The van der Waals surface area contributed by atoms with Gasteiger partial charge in [-0.3, -0.25) is 4.79 Å². The molecule has 2 aromatic heterocycles. The molecule has 0 aliphatic rings. The molecule has 0 spiro atoms. The number of hydrogen-bond donors (Lipinski definition) is 3. The molecule has 0 saturated heterocycles. The fourth-order valence-electron chi connectivity index (χ4n) is 2.42. The van der Waals surface area contributed by atoms with Crippen LogP contribution in [-0.4, -0.2) is 26.4 Å². The average molecular weight is 376 g/mol. The van der Waals surface area contributed by atoms with Gasteiger partial charge >= 0.3 is 0 Å². The SMILES string of the molecule is CNS(=O)(=O)Cc1ccc(-c2cc3c(N)ncc(C(N)=O)c3s2)cc1. The summed E-state index contributed by atoms with van der Waals surface area (Å²) in [5.74, 6) is -0.309. The van der Waals surface area contributed by atoms with Crippen molar-refractivity contribution in [1.82, 2.24) is 9.71 Å². The van der Waals surface area contributed by atoms with Crippen LogP contribution in [0.1, 0.15) is 15.9 Å². The maximum Gasteiger partial charge on any atom is 0.251 e. The highest BCUT2D eigenvalue weighted by Crippen LogP contribution is 2.37. The molecule has 0 aliphatic carbocycles. The van der Waals surface area contributed by atoms with Gasteiger partial charge in [-0.05, 0) is 24.2 Å². The molecule has 0 fully saturated rings. The molecule has 0 atom stereocenters. The van der Waals surface area contributed by atoms with Crippen molar-refractivity contribution >= 4 is 43.2 Å². The number of sulfonamides is 1. The maximum absolute atomic E-state index is 11.6. The molecule has 1 amide bonds. The second-order valence-electron chi connectivity index (χ2n) is 5.43. The number of fused-ring (bicyclic) bond motifs is 1. The first-order chi connectivity index (χ1) is 11.8. The fraction of sp³-hybridized carbons (Fsp3) is 0.125. The lowest BCUT2D eigenvalue weighted by atomic mass is 10.1. The number of nitrogens with zero attached hydrogens (tertiary/aromatic N) is 1. The molecule has 9 heteroatoms. The Bertz CT molecular complexity index is 1060. The van der Waals surface area contributed by atoms with Crippen molar-refractivity contribution in [2.75, 3.05) is 12.8 Å². The van der Waals surface area contributed by atoms with Crippen LogP contribution in [-0.2, 0) is 15.8 Å². The first-order valence-electron chi connectivity index (χ1n) is 7.29. The molecule has 7 nitrogen and oxygen atoms in total. The summed E-state index contributed by atoms with van der Waals surface area (Å²) in [5, 5.41) is 0.679. The van der Waals surface area contributed by atoms with E-state index in [9.17, 15) is 13.2 Å². The number of thiophene rings is 1. The van der Waals surface area contributed by atoms with Gasteiger partial charge in [-0.15, -0.1) is 11.3 Å². The van der Waals surface area contributed by atoms with E-state index in [1.54, 1.807) is 12.1 Å². The third-order valence-corrected chi connectivity index (χ3v) is 6.31. The summed E-state index contributed by atoms with van der Waals surface area (Å²) in [6, 6.07) is 9.03. The predicted octanol–water partition coefficient (Wildman–Crippen LogP) is 1.69. The van der Waals surface area contributed by atoms with Gasteiger partial charge in [0.15, 0.2) is 0 Å². The minimum atomic E-state index is -3.31. The van der Waals surface area contributed by atoms with Crippen LogP contribution in [0.5, 0.6) is 0 Å². The van der Waals surface area contributed by atoms with Crippen molar-refractivity contribution in [3.8, 4) is 10.4 Å². The molecule has 0 unspecified atom stereocenters. The molecule has 0 bridgehead atoms. The maximum atomic E-state index is 11.6. The zero-order chi connectivity index (χ0) is 18.2. The highest BCUT2D eigenvalue weighted by Gasteiger charge is 2.15. The molecule has 0 aliphatic heterocycles. The van der Waals surface area contributed by atoms with Crippen LogP contribution in [0.3, 0.4) is 0 Å². The third-order valence-electron chi connectivity index (χ3n) is 3.76. The summed E-state index contributed by atoms with van der Waals surface area (Å²) in [6.45, 7) is 0. The predicted molar refractivity (Wildman–Crippen MR) is 99.7 cm³/mol. The summed E-state index contributed by atoms with van der Waals surface area (Å²) in [6.07, 6.45) is 1.38. The van der Waals surface area contributed by atoms with E-state index >= 15 is 0 Å². The summed E-state index contributed by atoms with van der Waals surface area (Å²) in [5.41, 5.74) is 13.2. The molecule has 130 valence electrons. The first-order valence-corrected chi connectivity index (χ1v) is 9.76. The number of benzene rings is 1. The van der Waals surface area contributed by atoms with Gasteiger partial charge in [0.05, 0.1) is 16.0 Å². The van der Waals surface area contributed by atoms with E-state index in [0.717, 1.165) is 10.4 Å². The van der Waals surface area contributed by atoms with Gasteiger partial charge in [0.1, 0.15) is 5.82 Å². The van der Waals surface area contributed by atoms with E-state index < -0.39 is 15.9 Å². The van der Waals surface area contributed by atoms with Crippen LogP contribution >= 0.6 is 11.3 Å². The molecule has 0 saturated carbocycles. The number of carbonyl (C=O) groups is 1. The Morgan fingerprint density at radius 1 is 1.28 bits per heavy atom. The molecule has 3 rings (SSSR count). The number of nitrogens with two attached hydrogens (primary N) is 2. The van der Waals surface area contributed by atoms with E-state index in [1.165, 1.54) is 24.6 Å². The van der Waals surface area contributed by atoms with Crippen LogP contribution in [0.4, 0.5) is 5.82 Å². The lowest BCUT2D eigenvalue weighted by Gasteiger charge is -2.03. The van der Waals surface area contributed by atoms with Crippen molar-refractivity contribution in [3.63, 3.8) is 0 Å². The van der Waals surface area contributed by atoms with Crippen LogP contribution in [0.15, 0.2) is 36.5 Å². The topological polar surface area (TPSA) is 128 Å². The minimum absolute atomic E-state index is 0.0844. The van der Waals surface area contributed by atoms with Crippen molar-refractivity contribution in [1.29, 1.82) is 0 Å². The third kappa shape index (κ3) is 3.48. The highest BCUT2D eigenvalue weighted by molar-refractivity contribution is 7.88. The van der Waals surface area contributed by atoms with E-state index in [2.05, 4.69) is 9.71 Å². The lowest BCUT2D eigenvalue weighted by molar-refractivity contribution is 0.100. The number of hydrogen-bond acceptors (Lipinski definition) is 6. The number of rotatable bonds is 5. The molecule has 5 N–H and O–H groups in total. The molecule has 0 radical (unpaired) electrons. The van der Waals surface area contributed by atoms with E-state index in [-0.39, 0.29) is 5.75 Å². The molecule has 3 aromatic rings. The van der Waals surface area contributed by atoms with E-state index in [0.29, 0.717) is 27.0 Å². The normalized spacial score (nSPS) is 11.7. The number of carbonyl (C=O) groups excluding carboxylic acids is 1. The number of pyridine rings is 1. The zero-order valence-electron chi connectivity index (χ0n) is 13.3. The van der Waals surface area contributed by atoms with E-state index in [4.69, 9.17) is 11.5 Å². The van der Waals surface area contributed by atoms with Gasteiger partial charge in [0, 0.05) is 16.5 Å². The quantitative estimate of drug-likeness (QED) is 0.624. The zero-order valence-corrected chi connectivity index (χ0v) is 14.9. The Kier molecular flexibility index (Phi) is 4.46. The number of primary amides is 1. The Balaban J connectivity index is 2.01. The van der Waals surface area contributed by atoms with Gasteiger partial charge < -0.3 is 11.5 Å². The Labute approximate surface area is 148 Å². The molecule has 2 heterocycles. The second kappa shape index (κ2) is 6.43. The first kappa shape index (κ1) is 17.3. The minimum Gasteiger partial charge on any atom is -0.383 e. The summed E-state index contributed by atoms with van der Waals surface area (Å²) in [4.78, 5) is 16.5. The molecular weight excluding hydrogens is 360 g/mol. The number of aromatic nitrogens is 1. The highest BCUT2D eigenvalue weighted by atomic mass is 32.2. The largest absolute Gasteiger partial charge is 0.383 e. The number of nitrogens with one attached hydrogen (secondary N) is 1. The fourth-order valence-corrected chi connectivity index (χ4v) is 4.38. The van der Waals surface area contributed by atoms with Crippen LogP contribution in [0.25, 0.3) is 20.5 Å². The number of anilines is 1. The van der Waals surface area contributed by atoms with Crippen molar-refractivity contribution in [3.05, 3.63) is 47.7 Å². The summed E-state index contributed by atoms with van der Waals surface area (Å²) < 4.78 is 26.2. The molecule has 1 aromatic carbocycles. The standard InChI is InChI=1S/C16H16N4O3S2/c1-19-25(22,23)8-9-2-4-10(5-3-9)13-6-11-14(24-13)12(16(18)21)7-20-15(11)17/h2-7,19H,8H2,1H3,(H2,17,20)(H2,18,21). The number of amides is 1. The lowest BCUT2D eigenvalue weighted by Crippen LogP contribution is -2.20. The van der Waals surface area contributed by atoms with Crippen molar-refractivity contribution in [2.45, 2.75) is 5.75 Å². The molecular formula is C16H16N4O3S2. The number of nitrogen functional groups attached to an aromatic ring is 1. The van der Waals surface area contributed by atoms with Crippen LogP contribution in [0.2, 0.25) is 0 Å². The van der Waals surface area contributed by atoms with Gasteiger partial charge in [0.2, 0.25) is 10.0 Å². The van der Waals surface area contributed by atoms with Crippen molar-refractivity contribution < 1.29 is 13.2 Å². The monoisotopic (exact) mass is 376 g/mol. The van der Waals surface area contributed by atoms with E-state index in [1.807, 2.05) is 18.2 Å². The molecule has 25 heavy (non-hydrogen) atoms. The van der Waals surface area contributed by atoms with Gasteiger partial charge in [-0.1, -0.05) is 24.3 Å². The summed E-state index contributed by atoms with van der Waals surface area (Å²) in [7, 11) is -1.93. The second-order valence-corrected chi connectivity index (χ2v) is 8.41. The van der Waals surface area contributed by atoms with Gasteiger partial charge in [-0.2, -0.15) is 0 Å².